The molecule has 1 aromatic rings. The van der Waals surface area contributed by atoms with Crippen molar-refractivity contribution in [3.63, 3.8) is 0 Å². The van der Waals surface area contributed by atoms with Crippen LogP contribution in [0.2, 0.25) is 0 Å². The molecule has 2 aliphatic rings. The van der Waals surface area contributed by atoms with Crippen molar-refractivity contribution in [3.8, 4) is 0 Å². The van der Waals surface area contributed by atoms with Crippen molar-refractivity contribution in [1.29, 1.82) is 0 Å². The normalized spacial score (nSPS) is 27.7. The molecule has 1 amide bonds. The Labute approximate surface area is 138 Å². The third-order valence-electron chi connectivity index (χ3n) is 4.73. The molecule has 0 spiro atoms. The number of hydrogen-bond acceptors (Lipinski definition) is 4. The number of carbonyl (C=O) groups excluding carboxylic acids is 1. The second-order valence-corrected chi connectivity index (χ2v) is 6.60. The summed E-state index contributed by atoms with van der Waals surface area (Å²) in [5.41, 5.74) is 1.31. The van der Waals surface area contributed by atoms with Gasteiger partial charge in [-0.1, -0.05) is 30.3 Å². The Kier molecular flexibility index (Phi) is 5.30. The van der Waals surface area contributed by atoms with Gasteiger partial charge in [-0.2, -0.15) is 0 Å². The van der Waals surface area contributed by atoms with Gasteiger partial charge in [-0.25, -0.2) is 0 Å². The summed E-state index contributed by atoms with van der Waals surface area (Å²) in [6.45, 7) is 2.66. The SMILES string of the molecule is CN(C)C(=O)CO[C@@H]1CN(Cc2ccccc2)[C@H]2CCCO[C@@H]12. The minimum atomic E-state index is -0.0205. The molecule has 0 unspecified atom stereocenters. The van der Waals surface area contributed by atoms with Crippen molar-refractivity contribution in [2.75, 3.05) is 33.9 Å². The summed E-state index contributed by atoms with van der Waals surface area (Å²) in [7, 11) is 3.50. The minimum Gasteiger partial charge on any atom is -0.374 e. The van der Waals surface area contributed by atoms with Gasteiger partial charge < -0.3 is 14.4 Å². The number of likely N-dealkylation sites (N-methyl/N-ethyl adjacent to an activating group) is 1. The van der Waals surface area contributed by atoms with E-state index < -0.39 is 0 Å². The average molecular weight is 318 g/mol. The maximum absolute atomic E-state index is 11.8. The molecule has 0 bridgehead atoms. The van der Waals surface area contributed by atoms with Gasteiger partial charge in [-0.15, -0.1) is 0 Å². The zero-order valence-corrected chi connectivity index (χ0v) is 14.0. The van der Waals surface area contributed by atoms with Gasteiger partial charge in [0.05, 0.1) is 6.10 Å². The van der Waals surface area contributed by atoms with Crippen molar-refractivity contribution < 1.29 is 14.3 Å². The number of benzene rings is 1. The molecule has 0 N–H and O–H groups in total. The van der Waals surface area contributed by atoms with E-state index in [4.69, 9.17) is 9.47 Å². The molecule has 3 rings (SSSR count). The number of hydrogen-bond donors (Lipinski definition) is 0. The number of fused-ring (bicyclic) bond motifs is 1. The molecule has 0 saturated carbocycles. The van der Waals surface area contributed by atoms with E-state index in [2.05, 4.69) is 29.2 Å². The summed E-state index contributed by atoms with van der Waals surface area (Å²) in [6.07, 6.45) is 2.30. The summed E-state index contributed by atoms with van der Waals surface area (Å²) in [5.74, 6) is -0.00105. The summed E-state index contributed by atoms with van der Waals surface area (Å²) in [4.78, 5) is 15.8. The molecule has 1 aromatic carbocycles. The molecule has 2 aliphatic heterocycles. The molecule has 3 atom stereocenters. The lowest BCUT2D eigenvalue weighted by Gasteiger charge is -2.32. The predicted molar refractivity (Wildman–Crippen MR) is 88.0 cm³/mol. The van der Waals surface area contributed by atoms with Gasteiger partial charge in [0.1, 0.15) is 12.7 Å². The first-order chi connectivity index (χ1) is 11.1. The quantitative estimate of drug-likeness (QED) is 0.825. The maximum atomic E-state index is 11.8. The highest BCUT2D eigenvalue weighted by Crippen LogP contribution is 2.31. The fourth-order valence-corrected chi connectivity index (χ4v) is 3.46. The predicted octanol–water partition coefficient (Wildman–Crippen LogP) is 1.52. The van der Waals surface area contributed by atoms with Crippen LogP contribution in [-0.2, 0) is 20.8 Å². The fourth-order valence-electron chi connectivity index (χ4n) is 3.46. The number of amides is 1. The van der Waals surface area contributed by atoms with Crippen LogP contribution in [0.15, 0.2) is 30.3 Å². The van der Waals surface area contributed by atoms with Gasteiger partial charge in [0.25, 0.3) is 0 Å². The first kappa shape index (κ1) is 16.4. The summed E-state index contributed by atoms with van der Waals surface area (Å²) in [6, 6.07) is 10.9. The first-order valence-corrected chi connectivity index (χ1v) is 8.36. The number of ether oxygens (including phenoxy) is 2. The third-order valence-corrected chi connectivity index (χ3v) is 4.73. The Hall–Kier alpha value is -1.43. The lowest BCUT2D eigenvalue weighted by atomic mass is 10.0. The Morgan fingerprint density at radius 3 is 2.87 bits per heavy atom. The lowest BCUT2D eigenvalue weighted by molar-refractivity contribution is -0.139. The second kappa shape index (κ2) is 7.43. The van der Waals surface area contributed by atoms with Crippen LogP contribution in [0.3, 0.4) is 0 Å². The molecule has 0 aromatic heterocycles. The molecular weight excluding hydrogens is 292 g/mol. The van der Waals surface area contributed by atoms with Crippen LogP contribution in [0.5, 0.6) is 0 Å². The van der Waals surface area contributed by atoms with Crippen molar-refractivity contribution in [2.45, 2.75) is 37.6 Å². The first-order valence-electron chi connectivity index (χ1n) is 8.36. The fraction of sp³-hybridized carbons (Fsp3) is 0.611. The molecule has 0 radical (unpaired) electrons. The van der Waals surface area contributed by atoms with Gasteiger partial charge in [-0.3, -0.25) is 9.69 Å². The zero-order chi connectivity index (χ0) is 16.2. The van der Waals surface area contributed by atoms with Crippen molar-refractivity contribution in [2.24, 2.45) is 0 Å². The molecule has 5 nitrogen and oxygen atoms in total. The third kappa shape index (κ3) is 3.91. The van der Waals surface area contributed by atoms with E-state index in [1.165, 1.54) is 5.56 Å². The van der Waals surface area contributed by atoms with Crippen LogP contribution < -0.4 is 0 Å². The van der Waals surface area contributed by atoms with E-state index in [0.717, 1.165) is 32.5 Å². The maximum Gasteiger partial charge on any atom is 0.248 e. The number of likely N-dealkylation sites (tertiary alicyclic amines) is 1. The van der Waals surface area contributed by atoms with Crippen LogP contribution in [-0.4, -0.2) is 67.8 Å². The van der Waals surface area contributed by atoms with Gasteiger partial charge in [0, 0.05) is 39.8 Å². The smallest absolute Gasteiger partial charge is 0.248 e. The molecule has 0 aliphatic carbocycles. The molecule has 2 fully saturated rings. The lowest BCUT2D eigenvalue weighted by Crippen LogP contribution is -2.42. The van der Waals surface area contributed by atoms with Crippen molar-refractivity contribution in [1.82, 2.24) is 9.80 Å². The van der Waals surface area contributed by atoms with Crippen molar-refractivity contribution in [3.05, 3.63) is 35.9 Å². The summed E-state index contributed by atoms with van der Waals surface area (Å²) < 4.78 is 11.9. The molecule has 23 heavy (non-hydrogen) atoms. The molecule has 2 saturated heterocycles. The Morgan fingerprint density at radius 1 is 1.35 bits per heavy atom. The Morgan fingerprint density at radius 2 is 2.13 bits per heavy atom. The summed E-state index contributed by atoms with van der Waals surface area (Å²) in [5, 5.41) is 0. The topological polar surface area (TPSA) is 42.0 Å². The van der Waals surface area contributed by atoms with E-state index in [9.17, 15) is 4.79 Å². The molecule has 5 heteroatoms. The zero-order valence-electron chi connectivity index (χ0n) is 14.0. The van der Waals surface area contributed by atoms with E-state index >= 15 is 0 Å². The summed E-state index contributed by atoms with van der Waals surface area (Å²) >= 11 is 0. The number of rotatable bonds is 5. The highest BCUT2D eigenvalue weighted by atomic mass is 16.5. The Bertz CT molecular complexity index is 520. The number of nitrogens with zero attached hydrogens (tertiary/aromatic N) is 2. The average Bonchev–Trinajstić information content (AvgIpc) is 2.91. The molecule has 2 heterocycles. The van der Waals surface area contributed by atoms with Gasteiger partial charge in [0.2, 0.25) is 5.91 Å². The van der Waals surface area contributed by atoms with E-state index in [1.54, 1.807) is 19.0 Å². The van der Waals surface area contributed by atoms with E-state index in [1.807, 2.05) is 6.07 Å². The molecular formula is C18H26N2O3. The van der Waals surface area contributed by atoms with Crippen LogP contribution >= 0.6 is 0 Å². The second-order valence-electron chi connectivity index (χ2n) is 6.60. The standard InChI is InChI=1S/C18H26N2O3/c1-19(2)17(21)13-23-16-12-20(11-14-7-4-3-5-8-14)15-9-6-10-22-18(15)16/h3-5,7-8,15-16,18H,6,9-13H2,1-2H3/t15-,16+,18+/m0/s1. The minimum absolute atomic E-state index is 0.00105. The van der Waals surface area contributed by atoms with E-state index in [0.29, 0.717) is 6.04 Å². The van der Waals surface area contributed by atoms with Crippen LogP contribution in [0.1, 0.15) is 18.4 Å². The number of carbonyl (C=O) groups is 1. The molecule has 126 valence electrons. The Balaban J connectivity index is 1.64. The van der Waals surface area contributed by atoms with Crippen LogP contribution in [0.4, 0.5) is 0 Å². The van der Waals surface area contributed by atoms with Crippen LogP contribution in [0.25, 0.3) is 0 Å². The van der Waals surface area contributed by atoms with Gasteiger partial charge in [-0.05, 0) is 18.4 Å². The van der Waals surface area contributed by atoms with Gasteiger partial charge in [0.15, 0.2) is 0 Å². The largest absolute Gasteiger partial charge is 0.374 e. The van der Waals surface area contributed by atoms with Crippen LogP contribution in [0, 0.1) is 0 Å². The highest BCUT2D eigenvalue weighted by Gasteiger charge is 2.44. The monoisotopic (exact) mass is 318 g/mol. The van der Waals surface area contributed by atoms with Crippen molar-refractivity contribution >= 4 is 5.91 Å². The highest BCUT2D eigenvalue weighted by molar-refractivity contribution is 5.76. The van der Waals surface area contributed by atoms with Gasteiger partial charge >= 0.3 is 0 Å². The van der Waals surface area contributed by atoms with E-state index in [-0.39, 0.29) is 24.7 Å².